The van der Waals surface area contributed by atoms with E-state index in [1.807, 2.05) is 0 Å². The van der Waals surface area contributed by atoms with Crippen LogP contribution in [0.4, 0.5) is 0 Å². The van der Waals surface area contributed by atoms with Crippen molar-refractivity contribution in [2.75, 3.05) is 0 Å². The van der Waals surface area contributed by atoms with Crippen molar-refractivity contribution < 1.29 is 9.42 Å². The van der Waals surface area contributed by atoms with Crippen molar-refractivity contribution in [2.45, 2.75) is 6.92 Å². The minimum atomic E-state index is -0.473. The van der Waals surface area contributed by atoms with Gasteiger partial charge in [0.05, 0.1) is 6.21 Å². The molecule has 1 N–H and O–H groups in total. The first-order valence-corrected chi connectivity index (χ1v) is 5.43. The van der Waals surface area contributed by atoms with Crippen LogP contribution in [-0.4, -0.2) is 22.4 Å². The third-order valence-electron chi connectivity index (χ3n) is 2.12. The van der Waals surface area contributed by atoms with Gasteiger partial charge in [0.2, 0.25) is 0 Å². The van der Waals surface area contributed by atoms with Crippen LogP contribution in [0.3, 0.4) is 0 Å². The minimum absolute atomic E-state index is 0.114. The minimum Gasteiger partial charge on any atom is -0.265 e. The van der Waals surface area contributed by atoms with E-state index >= 15 is 0 Å². The van der Waals surface area contributed by atoms with Crippen LogP contribution in [0.5, 0.6) is 0 Å². The van der Waals surface area contributed by atoms with Crippen LogP contribution in [-0.2, 0) is 0 Å². The summed E-state index contributed by atoms with van der Waals surface area (Å²) in [6.45, 7) is 1.62. The third-order valence-corrected chi connectivity index (χ3v) is 2.37. The van der Waals surface area contributed by atoms with Crippen molar-refractivity contribution in [3.8, 4) is 0 Å². The van der Waals surface area contributed by atoms with Crippen molar-refractivity contribution in [1.82, 2.24) is 15.7 Å². The van der Waals surface area contributed by atoms with Crippen LogP contribution >= 0.6 is 11.6 Å². The first kappa shape index (κ1) is 12.3. The molecule has 18 heavy (non-hydrogen) atoms. The number of carbonyl (C=O) groups is 1. The molecule has 0 unspecified atom stereocenters. The molecule has 1 amide bonds. The van der Waals surface area contributed by atoms with Crippen LogP contribution in [0.25, 0.3) is 0 Å². The Morgan fingerprint density at radius 2 is 2.11 bits per heavy atom. The molecule has 6 nitrogen and oxygen atoms in total. The number of rotatable bonds is 3. The van der Waals surface area contributed by atoms with Crippen LogP contribution in [0.2, 0.25) is 5.02 Å². The van der Waals surface area contributed by atoms with Crippen molar-refractivity contribution >= 4 is 23.7 Å². The largest absolute Gasteiger partial charge is 0.295 e. The second kappa shape index (κ2) is 5.42. The lowest BCUT2D eigenvalue weighted by molar-refractivity contribution is 0.0945. The highest BCUT2D eigenvalue weighted by Gasteiger charge is 2.13. The molecule has 0 aliphatic carbocycles. The van der Waals surface area contributed by atoms with E-state index in [0.717, 1.165) is 5.56 Å². The highest BCUT2D eigenvalue weighted by molar-refractivity contribution is 6.30. The molecular formula is C11H9ClN4O2. The molecule has 2 aromatic rings. The van der Waals surface area contributed by atoms with Gasteiger partial charge in [-0.1, -0.05) is 28.9 Å². The van der Waals surface area contributed by atoms with Crippen molar-refractivity contribution in [2.24, 2.45) is 5.10 Å². The number of benzene rings is 1. The molecule has 0 bridgehead atoms. The Morgan fingerprint density at radius 1 is 1.39 bits per heavy atom. The van der Waals surface area contributed by atoms with Gasteiger partial charge in [0.25, 0.3) is 5.91 Å². The summed E-state index contributed by atoms with van der Waals surface area (Å²) in [6.07, 6.45) is 1.50. The Bertz CT molecular complexity index is 577. The third kappa shape index (κ3) is 2.92. The average molecular weight is 265 g/mol. The predicted octanol–water partition coefficient (Wildman–Crippen LogP) is 1.80. The fourth-order valence-electron chi connectivity index (χ4n) is 1.20. The van der Waals surface area contributed by atoms with Gasteiger partial charge in [-0.25, -0.2) is 10.1 Å². The SMILES string of the molecule is Cc1nonc1C(=O)N/N=C/c1ccc(Cl)cc1. The average Bonchev–Trinajstić information content (AvgIpc) is 2.78. The molecule has 1 heterocycles. The van der Waals surface area contributed by atoms with E-state index in [1.54, 1.807) is 31.2 Å². The molecule has 2 rings (SSSR count). The molecule has 0 fully saturated rings. The van der Waals surface area contributed by atoms with Gasteiger partial charge in [0.15, 0.2) is 5.69 Å². The van der Waals surface area contributed by atoms with E-state index in [4.69, 9.17) is 11.6 Å². The van der Waals surface area contributed by atoms with Crippen molar-refractivity contribution in [3.63, 3.8) is 0 Å². The van der Waals surface area contributed by atoms with Crippen LogP contribution in [0, 0.1) is 6.92 Å². The first-order chi connectivity index (χ1) is 8.66. The quantitative estimate of drug-likeness (QED) is 0.677. The summed E-state index contributed by atoms with van der Waals surface area (Å²) in [7, 11) is 0. The lowest BCUT2D eigenvalue weighted by Gasteiger charge is -1.95. The molecule has 1 aromatic heterocycles. The van der Waals surface area contributed by atoms with Gasteiger partial charge in [-0.2, -0.15) is 5.10 Å². The Hall–Kier alpha value is -2.21. The number of nitrogens with one attached hydrogen (secondary N) is 1. The summed E-state index contributed by atoms with van der Waals surface area (Å²) in [5.74, 6) is -0.473. The number of carbonyl (C=O) groups excluding carboxylic acids is 1. The van der Waals surface area contributed by atoms with Crippen LogP contribution in [0.1, 0.15) is 21.7 Å². The normalized spacial score (nSPS) is 10.8. The van der Waals surface area contributed by atoms with E-state index in [-0.39, 0.29) is 5.69 Å². The maximum Gasteiger partial charge on any atom is 0.295 e. The Labute approximate surface area is 108 Å². The summed E-state index contributed by atoms with van der Waals surface area (Å²) in [5, 5.41) is 11.4. The van der Waals surface area contributed by atoms with Gasteiger partial charge in [-0.15, -0.1) is 0 Å². The van der Waals surface area contributed by atoms with Gasteiger partial charge >= 0.3 is 0 Å². The Kier molecular flexibility index (Phi) is 3.69. The molecule has 92 valence electrons. The molecule has 0 aliphatic heterocycles. The molecule has 1 aromatic carbocycles. The summed E-state index contributed by atoms with van der Waals surface area (Å²) in [5.41, 5.74) is 3.66. The fraction of sp³-hybridized carbons (Fsp3) is 0.0909. The molecule has 7 heteroatoms. The first-order valence-electron chi connectivity index (χ1n) is 5.05. The number of aromatic nitrogens is 2. The summed E-state index contributed by atoms with van der Waals surface area (Å²) in [6, 6.07) is 7.02. The number of aryl methyl sites for hydroxylation is 1. The van der Waals surface area contributed by atoms with E-state index in [0.29, 0.717) is 10.7 Å². The predicted molar refractivity (Wildman–Crippen MR) is 65.5 cm³/mol. The lowest BCUT2D eigenvalue weighted by Crippen LogP contribution is -2.19. The van der Waals surface area contributed by atoms with Crippen molar-refractivity contribution in [3.05, 3.63) is 46.2 Å². The topological polar surface area (TPSA) is 80.4 Å². The number of hydrogen-bond donors (Lipinski definition) is 1. The number of hydrogen-bond acceptors (Lipinski definition) is 5. The summed E-state index contributed by atoms with van der Waals surface area (Å²) >= 11 is 5.74. The zero-order chi connectivity index (χ0) is 13.0. The second-order valence-electron chi connectivity index (χ2n) is 3.45. The van der Waals surface area contributed by atoms with E-state index in [1.165, 1.54) is 6.21 Å². The Morgan fingerprint density at radius 3 is 2.72 bits per heavy atom. The zero-order valence-corrected chi connectivity index (χ0v) is 10.2. The smallest absolute Gasteiger partial charge is 0.265 e. The van der Waals surface area contributed by atoms with Gasteiger partial charge in [0, 0.05) is 5.02 Å². The van der Waals surface area contributed by atoms with Gasteiger partial charge < -0.3 is 0 Å². The maximum absolute atomic E-state index is 11.6. The molecule has 0 saturated heterocycles. The van der Waals surface area contributed by atoms with Gasteiger partial charge in [0.1, 0.15) is 5.69 Å². The molecular weight excluding hydrogens is 256 g/mol. The second-order valence-corrected chi connectivity index (χ2v) is 3.89. The van der Waals surface area contributed by atoms with E-state index < -0.39 is 5.91 Å². The fourth-order valence-corrected chi connectivity index (χ4v) is 1.33. The number of nitrogens with zero attached hydrogens (tertiary/aromatic N) is 3. The van der Waals surface area contributed by atoms with Gasteiger partial charge in [-0.05, 0) is 29.8 Å². The molecule has 0 atom stereocenters. The van der Waals surface area contributed by atoms with Gasteiger partial charge in [-0.3, -0.25) is 4.79 Å². The standard InChI is InChI=1S/C11H9ClN4O2/c1-7-10(16-18-15-7)11(17)14-13-6-8-2-4-9(12)5-3-8/h2-6H,1H3,(H,14,17)/b13-6+. The maximum atomic E-state index is 11.6. The molecule has 0 spiro atoms. The van der Waals surface area contributed by atoms with E-state index in [9.17, 15) is 4.79 Å². The highest BCUT2D eigenvalue weighted by Crippen LogP contribution is 2.07. The lowest BCUT2D eigenvalue weighted by atomic mass is 10.2. The summed E-state index contributed by atoms with van der Waals surface area (Å²) < 4.78 is 4.42. The molecule has 0 radical (unpaired) electrons. The van der Waals surface area contributed by atoms with Crippen molar-refractivity contribution in [1.29, 1.82) is 0 Å². The number of amides is 1. The monoisotopic (exact) mass is 264 g/mol. The highest BCUT2D eigenvalue weighted by atomic mass is 35.5. The number of hydrazone groups is 1. The van der Waals surface area contributed by atoms with Crippen LogP contribution in [0.15, 0.2) is 34.0 Å². The Balaban J connectivity index is 1.98. The van der Waals surface area contributed by atoms with E-state index in [2.05, 4.69) is 25.5 Å². The van der Waals surface area contributed by atoms with Crippen LogP contribution < -0.4 is 5.43 Å². The zero-order valence-electron chi connectivity index (χ0n) is 9.42. The molecule has 0 saturated carbocycles. The summed E-state index contributed by atoms with van der Waals surface area (Å²) in [4.78, 5) is 11.6. The number of halogens is 1. The molecule has 0 aliphatic rings.